The van der Waals surface area contributed by atoms with E-state index in [0.717, 1.165) is 58.0 Å². The average Bonchev–Trinajstić information content (AvgIpc) is 3.86. The number of likely N-dealkylation sites (N-methyl/N-ethyl adjacent to an activating group) is 1. The summed E-state index contributed by atoms with van der Waals surface area (Å²) in [6, 6.07) is 5.99. The molecule has 0 radical (unpaired) electrons. The maximum atomic E-state index is 15.8. The van der Waals surface area contributed by atoms with Crippen LogP contribution in [-0.4, -0.2) is 123 Å². The number of halogens is 1. The monoisotopic (exact) mass is 732 g/mol. The minimum atomic E-state index is -0.950. The van der Waals surface area contributed by atoms with E-state index in [0.29, 0.717) is 49.7 Å². The predicted molar refractivity (Wildman–Crippen MR) is 198 cm³/mol. The van der Waals surface area contributed by atoms with E-state index in [4.69, 9.17) is 0 Å². The number of hydrogen-bond donors (Lipinski definition) is 3. The molecule has 286 valence electrons. The Morgan fingerprint density at radius 3 is 2.17 bits per heavy atom. The molecule has 53 heavy (non-hydrogen) atoms. The Balaban J connectivity index is 1.17. The van der Waals surface area contributed by atoms with Crippen LogP contribution < -0.4 is 16.0 Å². The zero-order chi connectivity index (χ0) is 37.5. The van der Waals surface area contributed by atoms with Crippen LogP contribution in [0.25, 0.3) is 0 Å². The highest BCUT2D eigenvalue weighted by Gasteiger charge is 2.34. The Hall–Kier alpha value is -4.63. The van der Waals surface area contributed by atoms with Crippen LogP contribution in [0.3, 0.4) is 0 Å². The summed E-state index contributed by atoms with van der Waals surface area (Å²) < 4.78 is 19.1. The molecule has 14 nitrogen and oxygen atoms in total. The summed E-state index contributed by atoms with van der Waals surface area (Å²) in [5.74, 6) is -2.30. The molecule has 15 heteroatoms. The molecule has 3 aliphatic rings. The first kappa shape index (κ1) is 38.1. The van der Waals surface area contributed by atoms with Crippen LogP contribution in [0.1, 0.15) is 84.5 Å². The molecule has 6 rings (SSSR count). The van der Waals surface area contributed by atoms with Gasteiger partial charge in [0, 0.05) is 51.5 Å². The van der Waals surface area contributed by atoms with Gasteiger partial charge in [-0.15, -0.1) is 0 Å². The average molecular weight is 733 g/mol. The van der Waals surface area contributed by atoms with Gasteiger partial charge in [0.1, 0.15) is 29.3 Å². The second kappa shape index (κ2) is 17.5. The third kappa shape index (κ3) is 9.30. The second-order valence-corrected chi connectivity index (χ2v) is 14.7. The van der Waals surface area contributed by atoms with Gasteiger partial charge in [-0.1, -0.05) is 25.3 Å². The van der Waals surface area contributed by atoms with E-state index in [-0.39, 0.29) is 30.0 Å². The third-order valence-electron chi connectivity index (χ3n) is 11.0. The van der Waals surface area contributed by atoms with Crippen LogP contribution in [0.5, 0.6) is 0 Å². The largest absolute Gasteiger partial charge is 0.339 e. The fourth-order valence-electron chi connectivity index (χ4n) is 7.79. The van der Waals surface area contributed by atoms with E-state index in [1.54, 1.807) is 44.9 Å². The number of carbonyl (C=O) groups is 4. The van der Waals surface area contributed by atoms with Gasteiger partial charge >= 0.3 is 0 Å². The molecule has 2 aliphatic heterocycles. The summed E-state index contributed by atoms with van der Waals surface area (Å²) >= 11 is 0. The number of piperidine rings is 1. The summed E-state index contributed by atoms with van der Waals surface area (Å²) in [6.07, 6.45) is 9.46. The summed E-state index contributed by atoms with van der Waals surface area (Å²) in [6.45, 7) is 6.65. The van der Waals surface area contributed by atoms with Gasteiger partial charge in [0.25, 0.3) is 11.8 Å². The Morgan fingerprint density at radius 2 is 1.47 bits per heavy atom. The van der Waals surface area contributed by atoms with Crippen LogP contribution in [0.2, 0.25) is 0 Å². The quantitative estimate of drug-likeness (QED) is 0.258. The topological polar surface area (TPSA) is 150 Å². The molecule has 4 amide bonds. The van der Waals surface area contributed by atoms with Crippen LogP contribution in [-0.2, 0) is 22.6 Å². The Morgan fingerprint density at radius 1 is 0.811 bits per heavy atom. The lowest BCUT2D eigenvalue weighted by Gasteiger charge is -2.35. The zero-order valence-corrected chi connectivity index (χ0v) is 31.1. The van der Waals surface area contributed by atoms with E-state index in [2.05, 4.69) is 43.0 Å². The van der Waals surface area contributed by atoms with Crippen molar-refractivity contribution in [2.75, 3.05) is 58.7 Å². The van der Waals surface area contributed by atoms with E-state index >= 15 is 4.39 Å². The Labute approximate surface area is 310 Å². The number of nitrogens with one attached hydrogen (secondary N) is 3. The van der Waals surface area contributed by atoms with Gasteiger partial charge in [-0.2, -0.15) is 10.2 Å². The molecule has 3 N–H and O–H groups in total. The molecule has 2 aromatic heterocycles. The first-order valence-corrected chi connectivity index (χ1v) is 19.0. The van der Waals surface area contributed by atoms with Crippen molar-refractivity contribution in [1.29, 1.82) is 0 Å². The van der Waals surface area contributed by atoms with Gasteiger partial charge in [0.15, 0.2) is 0 Å². The van der Waals surface area contributed by atoms with Gasteiger partial charge in [0.05, 0.1) is 11.7 Å². The molecule has 0 spiro atoms. The number of rotatable bonds is 12. The van der Waals surface area contributed by atoms with Gasteiger partial charge in [-0.3, -0.25) is 28.5 Å². The van der Waals surface area contributed by atoms with Crippen LogP contribution in [0, 0.1) is 11.7 Å². The number of piperazine rings is 1. The molecule has 1 aromatic carbocycles. The molecule has 0 bridgehead atoms. The summed E-state index contributed by atoms with van der Waals surface area (Å²) in [4.78, 5) is 60.9. The van der Waals surface area contributed by atoms with Gasteiger partial charge in [-0.25, -0.2) is 4.39 Å². The number of aromatic nitrogens is 4. The molecule has 1 saturated carbocycles. The van der Waals surface area contributed by atoms with Crippen molar-refractivity contribution in [1.82, 2.24) is 44.9 Å². The lowest BCUT2D eigenvalue weighted by molar-refractivity contribution is -0.134. The van der Waals surface area contributed by atoms with Crippen molar-refractivity contribution < 1.29 is 23.6 Å². The van der Waals surface area contributed by atoms with Crippen molar-refractivity contribution in [3.05, 3.63) is 65.5 Å². The molecule has 3 fully saturated rings. The van der Waals surface area contributed by atoms with Crippen molar-refractivity contribution in [2.24, 2.45) is 5.92 Å². The molecule has 2 saturated heterocycles. The summed E-state index contributed by atoms with van der Waals surface area (Å²) in [5.41, 5.74) is 1.21. The first-order valence-electron chi connectivity index (χ1n) is 19.0. The molecule has 4 heterocycles. The predicted octanol–water partition coefficient (Wildman–Crippen LogP) is 2.94. The minimum absolute atomic E-state index is 0.0274. The number of likely N-dealkylation sites (tertiary alicyclic amines) is 1. The molecule has 0 unspecified atom stereocenters. The van der Waals surface area contributed by atoms with E-state index in [1.165, 1.54) is 12.1 Å². The van der Waals surface area contributed by atoms with Gasteiger partial charge in [-0.05, 0) is 95.5 Å². The van der Waals surface area contributed by atoms with Crippen molar-refractivity contribution in [3.63, 3.8) is 0 Å². The normalized spacial score (nSPS) is 19.1. The fourth-order valence-corrected chi connectivity index (χ4v) is 7.79. The van der Waals surface area contributed by atoms with Crippen molar-refractivity contribution >= 4 is 29.3 Å². The van der Waals surface area contributed by atoms with Crippen molar-refractivity contribution in [3.8, 4) is 0 Å². The minimum Gasteiger partial charge on any atom is -0.339 e. The Bertz CT molecular complexity index is 1740. The highest BCUT2D eigenvalue weighted by Crippen LogP contribution is 2.28. The fraction of sp³-hybridized carbons (Fsp3) is 0.579. The lowest BCUT2D eigenvalue weighted by Crippen LogP contribution is -2.55. The highest BCUT2D eigenvalue weighted by atomic mass is 19.1. The van der Waals surface area contributed by atoms with Crippen molar-refractivity contribution in [2.45, 2.75) is 83.0 Å². The smallest absolute Gasteiger partial charge is 0.270 e. The number of benzene rings is 1. The summed E-state index contributed by atoms with van der Waals surface area (Å²) in [5, 5.41) is 17.2. The first-order chi connectivity index (χ1) is 25.6. The standard InChI is InChI=1S/C38H53FN10O4/c1-4-48-32(12-16-40-48)35(50)44-34(27-8-6-5-7-9-27)37(52)42-30-11-10-26(24-29(30)39)25-31(38(53)47-22-20-46(3)21-23-47)43-36(51)33-13-17-41-49(33)28-14-18-45(2)19-15-28/h10-13,16-17,24,27-28,31,34H,4-9,14-15,18-23,25H2,1-3H3,(H,42,52)(H,43,51)(H,44,50)/t31-,34+/m1/s1. The molecule has 1 aliphatic carbocycles. The number of nitrogens with zero attached hydrogens (tertiary/aromatic N) is 7. The van der Waals surface area contributed by atoms with Crippen LogP contribution >= 0.6 is 0 Å². The number of amides is 4. The second-order valence-electron chi connectivity index (χ2n) is 14.7. The Kier molecular flexibility index (Phi) is 12.6. The maximum absolute atomic E-state index is 15.8. The summed E-state index contributed by atoms with van der Waals surface area (Å²) in [7, 11) is 4.08. The van der Waals surface area contributed by atoms with Gasteiger partial charge < -0.3 is 30.7 Å². The van der Waals surface area contributed by atoms with Crippen LogP contribution in [0.15, 0.2) is 42.7 Å². The molecular weight excluding hydrogens is 679 g/mol. The third-order valence-corrected chi connectivity index (χ3v) is 11.0. The molecule has 2 atom stereocenters. The molecule has 3 aromatic rings. The maximum Gasteiger partial charge on any atom is 0.270 e. The number of hydrogen-bond acceptors (Lipinski definition) is 8. The number of carbonyl (C=O) groups excluding carboxylic acids is 4. The zero-order valence-electron chi connectivity index (χ0n) is 31.1. The molecular formula is C38H53FN10O4. The van der Waals surface area contributed by atoms with Crippen LogP contribution in [0.4, 0.5) is 10.1 Å². The van der Waals surface area contributed by atoms with E-state index in [9.17, 15) is 19.2 Å². The van der Waals surface area contributed by atoms with E-state index in [1.807, 2.05) is 14.0 Å². The SMILES string of the molecule is CCn1nccc1C(=O)N[C@H](C(=O)Nc1ccc(C[C@@H](NC(=O)c2ccnn2C2CCN(C)CC2)C(=O)N2CCN(C)CC2)cc1F)C1CCCCC1. The van der Waals surface area contributed by atoms with E-state index < -0.39 is 35.6 Å². The lowest BCUT2D eigenvalue weighted by atomic mass is 9.83. The van der Waals surface area contributed by atoms with Gasteiger partial charge in [0.2, 0.25) is 11.8 Å². The number of aryl methyl sites for hydroxylation is 1. The number of anilines is 1. The highest BCUT2D eigenvalue weighted by molar-refractivity contribution is 6.01.